The standard InChI is InChI=1S/C19H26N4O3S/c1-4-22-12-18(20-13-22)27(25,26)23-7-5-16(6-8-23)19(24)21-17-10-14(2)9-15(3)11-17/h9-13,16H,4-8H2,1-3H3,(H,21,24). The van der Waals surface area contributed by atoms with Crippen LogP contribution in [0.25, 0.3) is 0 Å². The van der Waals surface area contributed by atoms with E-state index in [0.29, 0.717) is 32.5 Å². The topological polar surface area (TPSA) is 84.3 Å². The van der Waals surface area contributed by atoms with Crippen LogP contribution in [0.3, 0.4) is 0 Å². The smallest absolute Gasteiger partial charge is 0.262 e. The van der Waals surface area contributed by atoms with Crippen molar-refractivity contribution in [3.8, 4) is 0 Å². The number of carbonyl (C=O) groups is 1. The Kier molecular flexibility index (Phi) is 5.67. The predicted octanol–water partition coefficient (Wildman–Crippen LogP) is 2.56. The van der Waals surface area contributed by atoms with E-state index in [2.05, 4.69) is 16.4 Å². The maximum atomic E-state index is 12.7. The van der Waals surface area contributed by atoms with Crippen LogP contribution in [0.15, 0.2) is 35.7 Å². The minimum absolute atomic E-state index is 0.0488. The zero-order valence-electron chi connectivity index (χ0n) is 16.0. The van der Waals surface area contributed by atoms with Crippen molar-refractivity contribution < 1.29 is 13.2 Å². The molecular formula is C19H26N4O3S. The Morgan fingerprint density at radius 2 is 1.81 bits per heavy atom. The average Bonchev–Trinajstić information content (AvgIpc) is 3.11. The molecule has 1 aliphatic heterocycles. The van der Waals surface area contributed by atoms with Gasteiger partial charge in [0.1, 0.15) is 0 Å². The van der Waals surface area contributed by atoms with Crippen LogP contribution in [0.4, 0.5) is 5.69 Å². The van der Waals surface area contributed by atoms with Gasteiger partial charge in [0.05, 0.1) is 6.33 Å². The summed E-state index contributed by atoms with van der Waals surface area (Å²) in [6, 6.07) is 5.93. The van der Waals surface area contributed by atoms with Crippen LogP contribution >= 0.6 is 0 Å². The van der Waals surface area contributed by atoms with Crippen molar-refractivity contribution >= 4 is 21.6 Å². The molecular weight excluding hydrogens is 364 g/mol. The van der Waals surface area contributed by atoms with Crippen LogP contribution in [-0.2, 0) is 21.4 Å². The number of carbonyl (C=O) groups excluding carboxylic acids is 1. The maximum absolute atomic E-state index is 12.7. The molecule has 1 fully saturated rings. The lowest BCUT2D eigenvalue weighted by Crippen LogP contribution is -2.41. The summed E-state index contributed by atoms with van der Waals surface area (Å²) in [7, 11) is -3.60. The summed E-state index contributed by atoms with van der Waals surface area (Å²) in [4.78, 5) is 16.6. The number of aromatic nitrogens is 2. The van der Waals surface area contributed by atoms with Gasteiger partial charge in [0.15, 0.2) is 5.03 Å². The second kappa shape index (κ2) is 7.82. The third kappa shape index (κ3) is 4.39. The molecule has 0 radical (unpaired) electrons. The summed E-state index contributed by atoms with van der Waals surface area (Å²) < 4.78 is 28.6. The van der Waals surface area contributed by atoms with Gasteiger partial charge < -0.3 is 9.88 Å². The van der Waals surface area contributed by atoms with E-state index in [1.807, 2.05) is 32.9 Å². The van der Waals surface area contributed by atoms with Gasteiger partial charge in [-0.2, -0.15) is 4.31 Å². The maximum Gasteiger partial charge on any atom is 0.262 e. The van der Waals surface area contributed by atoms with Crippen LogP contribution in [0.5, 0.6) is 0 Å². The lowest BCUT2D eigenvalue weighted by molar-refractivity contribution is -0.120. The molecule has 0 unspecified atom stereocenters. The van der Waals surface area contributed by atoms with Crippen LogP contribution < -0.4 is 5.32 Å². The Balaban J connectivity index is 1.61. The summed E-state index contributed by atoms with van der Waals surface area (Å²) in [5, 5.41) is 3.04. The number of imidazole rings is 1. The molecule has 2 aromatic rings. The third-order valence-electron chi connectivity index (χ3n) is 4.89. The van der Waals surface area contributed by atoms with E-state index < -0.39 is 10.0 Å². The fourth-order valence-electron chi connectivity index (χ4n) is 3.43. The third-order valence-corrected chi connectivity index (χ3v) is 6.68. The van der Waals surface area contributed by atoms with E-state index in [0.717, 1.165) is 16.8 Å². The summed E-state index contributed by atoms with van der Waals surface area (Å²) in [5.74, 6) is -0.238. The van der Waals surface area contributed by atoms with E-state index >= 15 is 0 Å². The van der Waals surface area contributed by atoms with Gasteiger partial charge in [0.25, 0.3) is 10.0 Å². The number of hydrogen-bond acceptors (Lipinski definition) is 4. The van der Waals surface area contributed by atoms with Crippen LogP contribution in [-0.4, -0.2) is 41.3 Å². The Morgan fingerprint density at radius 1 is 1.19 bits per heavy atom. The van der Waals surface area contributed by atoms with Crippen molar-refractivity contribution in [3.05, 3.63) is 41.9 Å². The summed E-state index contributed by atoms with van der Waals surface area (Å²) in [5.41, 5.74) is 2.98. The highest BCUT2D eigenvalue weighted by Crippen LogP contribution is 2.24. The summed E-state index contributed by atoms with van der Waals surface area (Å²) in [6.07, 6.45) is 4.08. The molecule has 3 rings (SSSR count). The van der Waals surface area contributed by atoms with Crippen molar-refractivity contribution in [3.63, 3.8) is 0 Å². The first kappa shape index (κ1) is 19.6. The second-order valence-corrected chi connectivity index (χ2v) is 8.97. The molecule has 0 bridgehead atoms. The number of aryl methyl sites for hydroxylation is 3. The fourth-order valence-corrected chi connectivity index (χ4v) is 4.83. The Bertz CT molecular complexity index is 908. The van der Waals surface area contributed by atoms with Gasteiger partial charge in [-0.1, -0.05) is 6.07 Å². The first-order valence-corrected chi connectivity index (χ1v) is 10.6. The van der Waals surface area contributed by atoms with E-state index in [1.54, 1.807) is 10.8 Å². The molecule has 1 N–H and O–H groups in total. The molecule has 7 nitrogen and oxygen atoms in total. The number of sulfonamides is 1. The number of piperidine rings is 1. The molecule has 0 atom stereocenters. The highest BCUT2D eigenvalue weighted by molar-refractivity contribution is 7.89. The highest BCUT2D eigenvalue weighted by atomic mass is 32.2. The number of benzene rings is 1. The number of nitrogens with zero attached hydrogens (tertiary/aromatic N) is 3. The Morgan fingerprint density at radius 3 is 2.37 bits per heavy atom. The minimum Gasteiger partial charge on any atom is -0.336 e. The van der Waals surface area contributed by atoms with E-state index in [9.17, 15) is 13.2 Å². The molecule has 1 aromatic carbocycles. The second-order valence-electron chi connectivity index (χ2n) is 7.09. The lowest BCUT2D eigenvalue weighted by atomic mass is 9.97. The largest absolute Gasteiger partial charge is 0.336 e. The molecule has 1 aromatic heterocycles. The van der Waals surface area contributed by atoms with Gasteiger partial charge in [0, 0.05) is 37.4 Å². The molecule has 1 aliphatic rings. The number of anilines is 1. The predicted molar refractivity (Wildman–Crippen MR) is 104 cm³/mol. The molecule has 1 saturated heterocycles. The zero-order valence-corrected chi connectivity index (χ0v) is 16.8. The fraction of sp³-hybridized carbons (Fsp3) is 0.474. The number of rotatable bonds is 5. The lowest BCUT2D eigenvalue weighted by Gasteiger charge is -2.30. The van der Waals surface area contributed by atoms with Gasteiger partial charge >= 0.3 is 0 Å². The summed E-state index contributed by atoms with van der Waals surface area (Å²) >= 11 is 0. The first-order chi connectivity index (χ1) is 12.8. The minimum atomic E-state index is -3.60. The quantitative estimate of drug-likeness (QED) is 0.850. The van der Waals surface area contributed by atoms with Crippen molar-refractivity contribution in [1.82, 2.24) is 13.9 Å². The van der Waals surface area contributed by atoms with E-state index in [1.165, 1.54) is 10.6 Å². The number of nitrogens with one attached hydrogen (secondary N) is 1. The van der Waals surface area contributed by atoms with Crippen LogP contribution in [0.1, 0.15) is 30.9 Å². The monoisotopic (exact) mass is 390 g/mol. The number of hydrogen-bond donors (Lipinski definition) is 1. The van der Waals surface area contributed by atoms with E-state index in [4.69, 9.17) is 0 Å². The van der Waals surface area contributed by atoms with Crippen molar-refractivity contribution in [2.75, 3.05) is 18.4 Å². The molecule has 27 heavy (non-hydrogen) atoms. The van der Waals surface area contributed by atoms with Gasteiger partial charge in [0.2, 0.25) is 5.91 Å². The molecule has 0 aliphatic carbocycles. The van der Waals surface area contributed by atoms with Crippen molar-refractivity contribution in [2.24, 2.45) is 5.92 Å². The van der Waals surface area contributed by atoms with Gasteiger partial charge in [-0.25, -0.2) is 13.4 Å². The van der Waals surface area contributed by atoms with Crippen LogP contribution in [0.2, 0.25) is 0 Å². The molecule has 2 heterocycles. The van der Waals surface area contributed by atoms with Crippen LogP contribution in [0, 0.1) is 19.8 Å². The zero-order chi connectivity index (χ0) is 19.6. The van der Waals surface area contributed by atoms with E-state index in [-0.39, 0.29) is 16.9 Å². The van der Waals surface area contributed by atoms with Gasteiger partial charge in [-0.3, -0.25) is 4.79 Å². The first-order valence-electron chi connectivity index (χ1n) is 9.20. The molecule has 0 spiro atoms. The van der Waals surface area contributed by atoms with Gasteiger partial charge in [-0.05, 0) is 56.9 Å². The molecule has 1 amide bonds. The highest BCUT2D eigenvalue weighted by Gasteiger charge is 2.33. The Hall–Kier alpha value is -2.19. The average molecular weight is 391 g/mol. The molecule has 0 saturated carbocycles. The number of amides is 1. The van der Waals surface area contributed by atoms with Crippen molar-refractivity contribution in [1.29, 1.82) is 0 Å². The SMILES string of the molecule is CCn1cnc(S(=O)(=O)N2CCC(C(=O)Nc3cc(C)cc(C)c3)CC2)c1. The normalized spacial score (nSPS) is 16.4. The molecule has 146 valence electrons. The van der Waals surface area contributed by atoms with Gasteiger partial charge in [-0.15, -0.1) is 0 Å². The Labute approximate surface area is 160 Å². The summed E-state index contributed by atoms with van der Waals surface area (Å²) in [6.45, 7) is 7.23. The van der Waals surface area contributed by atoms with Crippen molar-refractivity contribution in [2.45, 2.75) is 45.2 Å². The molecule has 8 heteroatoms.